The van der Waals surface area contributed by atoms with Gasteiger partial charge in [0, 0.05) is 11.8 Å². The van der Waals surface area contributed by atoms with Gasteiger partial charge in [-0.3, -0.25) is 0 Å². The van der Waals surface area contributed by atoms with E-state index < -0.39 is 0 Å². The summed E-state index contributed by atoms with van der Waals surface area (Å²) < 4.78 is 29.4. The highest BCUT2D eigenvalue weighted by Crippen LogP contribution is 2.42. The van der Waals surface area contributed by atoms with Gasteiger partial charge in [0.05, 0.1) is 0 Å². The largest absolute Gasteiger partial charge is 0.209 e. The molecule has 2 fully saturated rings. The van der Waals surface area contributed by atoms with Crippen LogP contribution in [0.4, 0.5) is 8.78 Å². The van der Waals surface area contributed by atoms with E-state index in [1.54, 1.807) is 0 Å². The van der Waals surface area contributed by atoms with Gasteiger partial charge in [0.1, 0.15) is 11.7 Å². The van der Waals surface area contributed by atoms with Gasteiger partial charge in [-0.15, -0.1) is 0 Å². The first-order chi connectivity index (χ1) is 12.2. The van der Waals surface area contributed by atoms with Crippen LogP contribution in [-0.2, 0) is 0 Å². The minimum absolute atomic E-state index is 0.125. The fourth-order valence-electron chi connectivity index (χ4n) is 4.97. The number of hydrogen-bond donors (Lipinski definition) is 0. The first-order valence-electron chi connectivity index (χ1n) is 11.2. The van der Waals surface area contributed by atoms with Crippen LogP contribution in [-0.4, -0.2) is 0 Å². The number of hydrogen-bond acceptors (Lipinski definition) is 0. The molecule has 0 aromatic carbocycles. The predicted molar refractivity (Wildman–Crippen MR) is 104 cm³/mol. The molecule has 2 saturated carbocycles. The maximum atomic E-state index is 14.7. The Kier molecular flexibility index (Phi) is 9.48. The van der Waals surface area contributed by atoms with Gasteiger partial charge >= 0.3 is 0 Å². The van der Waals surface area contributed by atoms with Crippen molar-refractivity contribution < 1.29 is 8.78 Å². The highest BCUT2D eigenvalue weighted by molar-refractivity contribution is 5.09. The maximum Gasteiger partial charge on any atom is 0.135 e. The first kappa shape index (κ1) is 20.9. The zero-order valence-electron chi connectivity index (χ0n) is 16.7. The summed E-state index contributed by atoms with van der Waals surface area (Å²) in [5.74, 6) is 0.520. The molecule has 25 heavy (non-hydrogen) atoms. The fourth-order valence-corrected chi connectivity index (χ4v) is 4.97. The van der Waals surface area contributed by atoms with Crippen molar-refractivity contribution in [1.82, 2.24) is 0 Å². The summed E-state index contributed by atoms with van der Waals surface area (Å²) >= 11 is 0. The molecule has 2 aliphatic carbocycles. The maximum absolute atomic E-state index is 14.7. The van der Waals surface area contributed by atoms with Crippen LogP contribution in [0.5, 0.6) is 0 Å². The lowest BCUT2D eigenvalue weighted by atomic mass is 9.76. The number of unbranched alkanes of at least 4 members (excludes halogenated alkanes) is 3. The number of rotatable bonds is 9. The average Bonchev–Trinajstić information content (AvgIpc) is 2.66. The van der Waals surface area contributed by atoms with Crippen molar-refractivity contribution >= 4 is 0 Å². The highest BCUT2D eigenvalue weighted by atomic mass is 19.2. The third kappa shape index (κ3) is 6.68. The van der Waals surface area contributed by atoms with Crippen LogP contribution in [0.15, 0.2) is 11.7 Å². The molecule has 2 heteroatoms. The summed E-state index contributed by atoms with van der Waals surface area (Å²) in [5, 5.41) is 0. The molecule has 0 aromatic rings. The lowest BCUT2D eigenvalue weighted by Crippen LogP contribution is -2.19. The normalized spacial score (nSPS) is 31.7. The smallest absolute Gasteiger partial charge is 0.135 e. The Morgan fingerprint density at radius 1 is 0.600 bits per heavy atom. The summed E-state index contributed by atoms with van der Waals surface area (Å²) in [6.45, 7) is 4.46. The van der Waals surface area contributed by atoms with Crippen LogP contribution in [0.3, 0.4) is 0 Å². The van der Waals surface area contributed by atoms with E-state index in [1.807, 2.05) is 0 Å². The molecular weight excluding hydrogens is 314 g/mol. The Hall–Kier alpha value is -0.400. The molecule has 0 aromatic heterocycles. The van der Waals surface area contributed by atoms with Crippen LogP contribution in [0, 0.1) is 23.7 Å². The van der Waals surface area contributed by atoms with E-state index in [0.717, 1.165) is 63.2 Å². The Morgan fingerprint density at radius 3 is 1.40 bits per heavy atom. The number of allylic oxidation sites excluding steroid dienone is 2. The minimum atomic E-state index is -0.372. The summed E-state index contributed by atoms with van der Waals surface area (Å²) in [6, 6.07) is 0. The quantitative estimate of drug-likeness (QED) is 0.364. The Bertz CT molecular complexity index is 385. The van der Waals surface area contributed by atoms with Gasteiger partial charge < -0.3 is 0 Å². The van der Waals surface area contributed by atoms with E-state index >= 15 is 0 Å². The van der Waals surface area contributed by atoms with E-state index in [1.165, 1.54) is 44.9 Å². The van der Waals surface area contributed by atoms with E-state index in [9.17, 15) is 8.78 Å². The molecule has 2 rings (SSSR count). The second-order valence-electron chi connectivity index (χ2n) is 8.77. The van der Waals surface area contributed by atoms with Gasteiger partial charge in [-0.2, -0.15) is 0 Å². The summed E-state index contributed by atoms with van der Waals surface area (Å²) in [5.41, 5.74) is 0. The monoisotopic (exact) mass is 354 g/mol. The molecule has 0 atom stereocenters. The fraction of sp³-hybridized carbons (Fsp3) is 0.913. The van der Waals surface area contributed by atoms with Crippen LogP contribution in [0.1, 0.15) is 110 Å². The van der Waals surface area contributed by atoms with Crippen LogP contribution < -0.4 is 0 Å². The summed E-state index contributed by atoms with van der Waals surface area (Å²) in [7, 11) is 0. The molecular formula is C23H40F2. The van der Waals surface area contributed by atoms with Crippen molar-refractivity contribution in [2.24, 2.45) is 23.7 Å². The second-order valence-corrected chi connectivity index (χ2v) is 8.77. The van der Waals surface area contributed by atoms with Crippen molar-refractivity contribution in [1.29, 1.82) is 0 Å². The van der Waals surface area contributed by atoms with Crippen LogP contribution in [0.25, 0.3) is 0 Å². The minimum Gasteiger partial charge on any atom is -0.209 e. The predicted octanol–water partition coefficient (Wildman–Crippen LogP) is 8.52. The molecule has 0 aliphatic heterocycles. The van der Waals surface area contributed by atoms with Gasteiger partial charge in [0.2, 0.25) is 0 Å². The zero-order chi connectivity index (χ0) is 18.1. The molecule has 0 bridgehead atoms. The number of halogens is 2. The van der Waals surface area contributed by atoms with Gasteiger partial charge in [0.25, 0.3) is 0 Å². The summed E-state index contributed by atoms with van der Waals surface area (Å²) in [6.07, 6.45) is 16.8. The zero-order valence-corrected chi connectivity index (χ0v) is 16.7. The van der Waals surface area contributed by atoms with Gasteiger partial charge in [-0.25, -0.2) is 8.78 Å². The molecule has 0 unspecified atom stereocenters. The lowest BCUT2D eigenvalue weighted by Gasteiger charge is -2.30. The topological polar surface area (TPSA) is 0 Å². The molecule has 0 amide bonds. The van der Waals surface area contributed by atoms with Crippen molar-refractivity contribution in [2.75, 3.05) is 0 Å². The Labute approximate surface area is 154 Å². The van der Waals surface area contributed by atoms with Gasteiger partial charge in [0.15, 0.2) is 0 Å². The average molecular weight is 355 g/mol. The van der Waals surface area contributed by atoms with Crippen molar-refractivity contribution in [3.8, 4) is 0 Å². The van der Waals surface area contributed by atoms with Crippen LogP contribution in [0.2, 0.25) is 0 Å². The molecule has 0 heterocycles. The van der Waals surface area contributed by atoms with Crippen LogP contribution >= 0.6 is 0 Å². The van der Waals surface area contributed by atoms with Crippen molar-refractivity contribution in [3.05, 3.63) is 11.7 Å². The summed E-state index contributed by atoms with van der Waals surface area (Å²) in [4.78, 5) is 0. The van der Waals surface area contributed by atoms with E-state index in [-0.39, 0.29) is 23.5 Å². The third-order valence-corrected chi connectivity index (χ3v) is 6.82. The van der Waals surface area contributed by atoms with Crippen molar-refractivity contribution in [3.63, 3.8) is 0 Å². The molecule has 0 N–H and O–H groups in total. The highest BCUT2D eigenvalue weighted by Gasteiger charge is 2.31. The third-order valence-electron chi connectivity index (χ3n) is 6.82. The first-order valence-corrected chi connectivity index (χ1v) is 11.2. The van der Waals surface area contributed by atoms with Gasteiger partial charge in [-0.1, -0.05) is 58.8 Å². The van der Waals surface area contributed by atoms with E-state index in [0.29, 0.717) is 0 Å². The molecule has 146 valence electrons. The van der Waals surface area contributed by atoms with Gasteiger partial charge in [-0.05, 0) is 63.2 Å². The SMILES string of the molecule is CCCCCC1CCC(C(F)=C(F)C2CCC(CCCC)CC2)CC1. The molecule has 0 saturated heterocycles. The standard InChI is InChI=1S/C23H40F2/c1-3-5-7-9-19-12-16-21(17-13-19)23(25)22(24)20-14-10-18(11-15-20)8-6-4-2/h18-21H,3-17H2,1-2H3. The Balaban J connectivity index is 1.76. The molecule has 0 nitrogen and oxygen atoms in total. The van der Waals surface area contributed by atoms with Crippen molar-refractivity contribution in [2.45, 2.75) is 110 Å². The lowest BCUT2D eigenvalue weighted by molar-refractivity contribution is 0.226. The molecule has 2 aliphatic rings. The second kappa shape index (κ2) is 11.3. The molecule has 0 spiro atoms. The van der Waals surface area contributed by atoms with E-state index in [4.69, 9.17) is 0 Å². The van der Waals surface area contributed by atoms with E-state index in [2.05, 4.69) is 13.8 Å². The Morgan fingerprint density at radius 2 is 1.00 bits per heavy atom. The molecule has 0 radical (unpaired) electrons.